The largest absolute Gasteiger partial charge is 0.508 e. The first-order valence-electron chi connectivity index (χ1n) is 5.28. The first-order chi connectivity index (χ1) is 8.08. The molecule has 0 radical (unpaired) electrons. The first-order valence-corrected chi connectivity index (χ1v) is 5.28. The molecule has 0 aliphatic heterocycles. The molecule has 0 fully saturated rings. The van der Waals surface area contributed by atoms with E-state index in [1.165, 1.54) is 19.1 Å². The molecule has 0 spiro atoms. The number of phenolic OH excluding ortho intramolecular Hbond substituents is 1. The molecule has 1 rings (SSSR count). The molecule has 0 amide bonds. The molecule has 17 heavy (non-hydrogen) atoms. The Morgan fingerprint density at radius 3 is 2.53 bits per heavy atom. The van der Waals surface area contributed by atoms with E-state index in [9.17, 15) is 4.79 Å². The molecule has 1 atom stereocenters. The predicted octanol–water partition coefficient (Wildman–Crippen LogP) is 1.70. The third-order valence-electron chi connectivity index (χ3n) is 1.88. The Balaban J connectivity index is 2.22. The highest BCUT2D eigenvalue weighted by atomic mass is 16.7. The number of rotatable bonds is 6. The SMILES string of the molecule is CC(=O)OCCOC(C)Oc1ccc(O)cc1. The molecule has 0 aliphatic carbocycles. The minimum absolute atomic E-state index is 0.181. The number of carbonyl (C=O) groups is 1. The second kappa shape index (κ2) is 6.75. The molecular weight excluding hydrogens is 224 g/mol. The van der Waals surface area contributed by atoms with E-state index in [1.54, 1.807) is 19.1 Å². The Bertz CT molecular complexity index is 346. The van der Waals surface area contributed by atoms with Gasteiger partial charge in [-0.1, -0.05) is 0 Å². The standard InChI is InChI=1S/C12H16O5/c1-9(13)15-7-8-16-10(2)17-12-5-3-11(14)4-6-12/h3-6,10,14H,7-8H2,1-2H3. The molecule has 1 unspecified atom stereocenters. The molecular formula is C12H16O5. The van der Waals surface area contributed by atoms with E-state index in [4.69, 9.17) is 19.3 Å². The number of esters is 1. The number of hydrogen-bond donors (Lipinski definition) is 1. The van der Waals surface area contributed by atoms with Gasteiger partial charge >= 0.3 is 5.97 Å². The molecule has 1 N–H and O–H groups in total. The number of aromatic hydroxyl groups is 1. The van der Waals surface area contributed by atoms with E-state index in [0.29, 0.717) is 5.75 Å². The molecule has 94 valence electrons. The van der Waals surface area contributed by atoms with Crippen LogP contribution in [-0.2, 0) is 14.3 Å². The summed E-state index contributed by atoms with van der Waals surface area (Å²) in [6.07, 6.45) is -0.449. The molecule has 0 heterocycles. The topological polar surface area (TPSA) is 65.0 Å². The summed E-state index contributed by atoms with van der Waals surface area (Å²) in [6, 6.07) is 6.34. The van der Waals surface area contributed by atoms with Gasteiger partial charge in [0, 0.05) is 6.92 Å². The maximum atomic E-state index is 10.5. The Labute approximate surface area is 99.9 Å². The summed E-state index contributed by atoms with van der Waals surface area (Å²) >= 11 is 0. The zero-order valence-electron chi connectivity index (χ0n) is 9.88. The molecule has 1 aromatic rings. The van der Waals surface area contributed by atoms with Crippen molar-refractivity contribution in [2.24, 2.45) is 0 Å². The van der Waals surface area contributed by atoms with Crippen molar-refractivity contribution in [3.05, 3.63) is 24.3 Å². The van der Waals surface area contributed by atoms with E-state index in [2.05, 4.69) is 0 Å². The minimum Gasteiger partial charge on any atom is -0.508 e. The smallest absolute Gasteiger partial charge is 0.302 e. The lowest BCUT2D eigenvalue weighted by atomic mass is 10.3. The fourth-order valence-corrected chi connectivity index (χ4v) is 1.15. The molecule has 5 heteroatoms. The Morgan fingerprint density at radius 1 is 1.29 bits per heavy atom. The van der Waals surface area contributed by atoms with Crippen molar-refractivity contribution in [3.8, 4) is 11.5 Å². The molecule has 0 aliphatic rings. The average molecular weight is 240 g/mol. The number of phenols is 1. The highest BCUT2D eigenvalue weighted by molar-refractivity contribution is 5.65. The third-order valence-corrected chi connectivity index (χ3v) is 1.88. The molecule has 1 aromatic carbocycles. The van der Waals surface area contributed by atoms with Crippen LogP contribution in [-0.4, -0.2) is 30.6 Å². The number of ether oxygens (including phenoxy) is 3. The van der Waals surface area contributed by atoms with E-state index in [1.807, 2.05) is 0 Å². The lowest BCUT2D eigenvalue weighted by molar-refractivity contribution is -0.145. The highest BCUT2D eigenvalue weighted by Crippen LogP contribution is 2.17. The lowest BCUT2D eigenvalue weighted by Crippen LogP contribution is -2.19. The van der Waals surface area contributed by atoms with Crippen LogP contribution in [0.2, 0.25) is 0 Å². The Morgan fingerprint density at radius 2 is 1.94 bits per heavy atom. The van der Waals surface area contributed by atoms with Crippen LogP contribution in [0.4, 0.5) is 0 Å². The maximum Gasteiger partial charge on any atom is 0.302 e. The van der Waals surface area contributed by atoms with E-state index in [0.717, 1.165) is 0 Å². The summed E-state index contributed by atoms with van der Waals surface area (Å²) in [4.78, 5) is 10.5. The predicted molar refractivity (Wildman–Crippen MR) is 60.8 cm³/mol. The van der Waals surface area contributed by atoms with Crippen molar-refractivity contribution in [2.75, 3.05) is 13.2 Å². The number of hydrogen-bond acceptors (Lipinski definition) is 5. The zero-order valence-corrected chi connectivity index (χ0v) is 9.88. The lowest BCUT2D eigenvalue weighted by Gasteiger charge is -2.15. The van der Waals surface area contributed by atoms with Crippen molar-refractivity contribution >= 4 is 5.97 Å². The third kappa shape index (κ3) is 5.77. The van der Waals surface area contributed by atoms with Crippen LogP contribution in [0, 0.1) is 0 Å². The van der Waals surface area contributed by atoms with Gasteiger partial charge in [0.1, 0.15) is 18.1 Å². The fourth-order valence-electron chi connectivity index (χ4n) is 1.15. The monoisotopic (exact) mass is 240 g/mol. The van der Waals surface area contributed by atoms with Crippen molar-refractivity contribution in [1.82, 2.24) is 0 Å². The second-order valence-corrected chi connectivity index (χ2v) is 3.39. The summed E-state index contributed by atoms with van der Waals surface area (Å²) < 4.78 is 15.4. The number of benzene rings is 1. The van der Waals surface area contributed by atoms with Gasteiger partial charge in [0.05, 0.1) is 6.61 Å². The van der Waals surface area contributed by atoms with Crippen LogP contribution in [0.15, 0.2) is 24.3 Å². The molecule has 0 saturated heterocycles. The average Bonchev–Trinajstić information content (AvgIpc) is 2.27. The van der Waals surface area contributed by atoms with E-state index >= 15 is 0 Å². The second-order valence-electron chi connectivity index (χ2n) is 3.39. The van der Waals surface area contributed by atoms with Crippen LogP contribution in [0.5, 0.6) is 11.5 Å². The fraction of sp³-hybridized carbons (Fsp3) is 0.417. The number of carbonyl (C=O) groups excluding carboxylic acids is 1. The van der Waals surface area contributed by atoms with Crippen LogP contribution in [0.3, 0.4) is 0 Å². The molecule has 5 nitrogen and oxygen atoms in total. The Hall–Kier alpha value is -1.75. The van der Waals surface area contributed by atoms with Crippen molar-refractivity contribution in [1.29, 1.82) is 0 Å². The van der Waals surface area contributed by atoms with Gasteiger partial charge in [-0.3, -0.25) is 4.79 Å². The van der Waals surface area contributed by atoms with Crippen LogP contribution in [0.25, 0.3) is 0 Å². The normalized spacial score (nSPS) is 11.9. The summed E-state index contributed by atoms with van der Waals surface area (Å²) in [5, 5.41) is 9.08. The van der Waals surface area contributed by atoms with Gasteiger partial charge in [-0.05, 0) is 31.2 Å². The summed E-state index contributed by atoms with van der Waals surface area (Å²) in [5.41, 5.74) is 0. The van der Waals surface area contributed by atoms with Crippen LogP contribution in [0.1, 0.15) is 13.8 Å². The van der Waals surface area contributed by atoms with Gasteiger partial charge in [-0.15, -0.1) is 0 Å². The van der Waals surface area contributed by atoms with E-state index in [-0.39, 0.29) is 24.9 Å². The van der Waals surface area contributed by atoms with Gasteiger partial charge in [-0.2, -0.15) is 0 Å². The van der Waals surface area contributed by atoms with E-state index < -0.39 is 6.29 Å². The maximum absolute atomic E-state index is 10.5. The van der Waals surface area contributed by atoms with Crippen molar-refractivity contribution < 1.29 is 24.1 Å². The van der Waals surface area contributed by atoms with Gasteiger partial charge in [0.2, 0.25) is 0 Å². The highest BCUT2D eigenvalue weighted by Gasteiger charge is 2.04. The zero-order chi connectivity index (χ0) is 12.7. The van der Waals surface area contributed by atoms with Gasteiger partial charge < -0.3 is 19.3 Å². The minimum atomic E-state index is -0.449. The summed E-state index contributed by atoms with van der Waals surface area (Å²) in [7, 11) is 0. The van der Waals surface area contributed by atoms with Gasteiger partial charge in [0.25, 0.3) is 0 Å². The van der Waals surface area contributed by atoms with Crippen molar-refractivity contribution in [2.45, 2.75) is 20.1 Å². The first kappa shape index (κ1) is 13.3. The molecule has 0 aromatic heterocycles. The Kier molecular flexibility index (Phi) is 5.29. The van der Waals surface area contributed by atoms with Crippen LogP contribution >= 0.6 is 0 Å². The summed E-state index contributed by atoms with van der Waals surface area (Å²) in [6.45, 7) is 3.56. The van der Waals surface area contributed by atoms with Crippen LogP contribution < -0.4 is 4.74 Å². The molecule has 0 saturated carbocycles. The quantitative estimate of drug-likeness (QED) is 0.465. The summed E-state index contributed by atoms with van der Waals surface area (Å²) in [5.74, 6) is 0.448. The van der Waals surface area contributed by atoms with Crippen molar-refractivity contribution in [3.63, 3.8) is 0 Å². The molecule has 0 bridgehead atoms. The van der Waals surface area contributed by atoms with Gasteiger partial charge in [-0.25, -0.2) is 0 Å². The van der Waals surface area contributed by atoms with Gasteiger partial charge in [0.15, 0.2) is 6.29 Å².